The Labute approximate surface area is 194 Å². The summed E-state index contributed by atoms with van der Waals surface area (Å²) in [6.45, 7) is 12.0. The van der Waals surface area contributed by atoms with E-state index in [1.807, 2.05) is 0 Å². The van der Waals surface area contributed by atoms with Crippen LogP contribution in [0.25, 0.3) is 0 Å². The maximum atomic E-state index is 4.63. The van der Waals surface area contributed by atoms with Gasteiger partial charge in [0.25, 0.3) is 0 Å². The highest BCUT2D eigenvalue weighted by Crippen LogP contribution is 2.68. The summed E-state index contributed by atoms with van der Waals surface area (Å²) in [5.74, 6) is 0. The Kier molecular flexibility index (Phi) is 4.97. The largest absolute Gasteiger partial charge is 0.0996 e. The van der Waals surface area contributed by atoms with Gasteiger partial charge in [0.05, 0.1) is 0 Å². The van der Waals surface area contributed by atoms with Crippen molar-refractivity contribution in [2.75, 3.05) is 0 Å². The Morgan fingerprint density at radius 1 is 0.562 bits per heavy atom. The first-order valence-electron chi connectivity index (χ1n) is 12.1. The van der Waals surface area contributed by atoms with Crippen molar-refractivity contribution in [3.8, 4) is 0 Å². The molecule has 2 bridgehead atoms. The Balaban J connectivity index is 1.73. The van der Waals surface area contributed by atoms with Crippen LogP contribution in [0.15, 0.2) is 103 Å². The zero-order valence-corrected chi connectivity index (χ0v) is 19.9. The van der Waals surface area contributed by atoms with Crippen molar-refractivity contribution in [3.63, 3.8) is 0 Å². The van der Waals surface area contributed by atoms with E-state index in [4.69, 9.17) is 0 Å². The van der Waals surface area contributed by atoms with E-state index in [0.717, 1.165) is 0 Å². The Morgan fingerprint density at radius 2 is 0.938 bits per heavy atom. The van der Waals surface area contributed by atoms with Crippen molar-refractivity contribution in [2.45, 2.75) is 69.1 Å². The van der Waals surface area contributed by atoms with Crippen LogP contribution in [0, 0.1) is 5.41 Å². The third-order valence-corrected chi connectivity index (χ3v) is 8.82. The third-order valence-electron chi connectivity index (χ3n) is 8.82. The maximum Gasteiger partial charge on any atom is -0.00219 e. The molecule has 32 heavy (non-hydrogen) atoms. The highest BCUT2D eigenvalue weighted by atomic mass is 14.6. The molecule has 2 aliphatic carbocycles. The van der Waals surface area contributed by atoms with Crippen LogP contribution in [0.5, 0.6) is 0 Å². The molecule has 0 aromatic heterocycles. The Morgan fingerprint density at radius 3 is 1.31 bits per heavy atom. The molecule has 0 N–H and O–H groups in total. The molecule has 2 saturated carbocycles. The van der Waals surface area contributed by atoms with Gasteiger partial charge in [-0.3, -0.25) is 0 Å². The van der Waals surface area contributed by atoms with E-state index < -0.39 is 0 Å². The summed E-state index contributed by atoms with van der Waals surface area (Å²) in [5, 5.41) is 0. The topological polar surface area (TPSA) is 0 Å². The molecule has 164 valence electrons. The Hall–Kier alpha value is -2.60. The van der Waals surface area contributed by atoms with E-state index in [1.54, 1.807) is 0 Å². The molecule has 0 saturated heterocycles. The number of hydrogen-bond acceptors (Lipinski definition) is 0. The zero-order valence-electron chi connectivity index (χ0n) is 19.9. The van der Waals surface area contributed by atoms with Gasteiger partial charge in [0, 0.05) is 0 Å². The van der Waals surface area contributed by atoms with Crippen LogP contribution in [0.3, 0.4) is 0 Å². The lowest BCUT2D eigenvalue weighted by Gasteiger charge is -2.64. The second-order valence-electron chi connectivity index (χ2n) is 11.4. The van der Waals surface area contributed by atoms with Crippen LogP contribution < -0.4 is 0 Å². The molecule has 0 spiro atoms. The van der Waals surface area contributed by atoms with Crippen molar-refractivity contribution in [3.05, 3.63) is 120 Å². The van der Waals surface area contributed by atoms with Gasteiger partial charge in [-0.05, 0) is 77.4 Å². The molecule has 2 atom stereocenters. The van der Waals surface area contributed by atoms with Gasteiger partial charge in [0.1, 0.15) is 0 Å². The lowest BCUT2D eigenvalue weighted by molar-refractivity contribution is -0.00921. The summed E-state index contributed by atoms with van der Waals surface area (Å²) in [4.78, 5) is 0. The number of rotatable bonds is 4. The fourth-order valence-corrected chi connectivity index (χ4v) is 7.78. The maximum absolute atomic E-state index is 4.63. The van der Waals surface area contributed by atoms with Crippen molar-refractivity contribution in [1.29, 1.82) is 0 Å². The van der Waals surface area contributed by atoms with Gasteiger partial charge in [-0.15, -0.1) is 0 Å². The highest BCUT2D eigenvalue weighted by Gasteiger charge is 2.61. The summed E-state index contributed by atoms with van der Waals surface area (Å²) in [6.07, 6.45) is 5.94. The molecule has 2 unspecified atom stereocenters. The van der Waals surface area contributed by atoms with Crippen molar-refractivity contribution in [1.82, 2.24) is 0 Å². The standard InChI is InChI=1S/C32H36/c1-25(2)31-20-29(3,26-14-8-5-9-15-26)22-32(24-31,28-18-12-7-13-19-28)23-30(4,21-31)27-16-10-6-11-17-27/h5-19H,1,20-24H2,2-4H3. The van der Waals surface area contributed by atoms with Crippen LogP contribution >= 0.6 is 0 Å². The molecule has 5 rings (SSSR count). The molecule has 0 amide bonds. The average molecular weight is 421 g/mol. The summed E-state index contributed by atoms with van der Waals surface area (Å²) >= 11 is 0. The van der Waals surface area contributed by atoms with Crippen molar-refractivity contribution >= 4 is 0 Å². The predicted octanol–water partition coefficient (Wildman–Crippen LogP) is 8.38. The second-order valence-corrected chi connectivity index (χ2v) is 11.4. The molecule has 0 heterocycles. The third kappa shape index (κ3) is 3.36. The highest BCUT2D eigenvalue weighted by molar-refractivity contribution is 5.41. The first kappa shape index (κ1) is 21.3. The molecule has 3 aromatic rings. The molecule has 0 aliphatic heterocycles. The van der Waals surface area contributed by atoms with Crippen molar-refractivity contribution < 1.29 is 0 Å². The number of allylic oxidation sites excluding steroid dienone is 1. The number of benzene rings is 3. The summed E-state index contributed by atoms with van der Waals surface area (Å²) in [7, 11) is 0. The van der Waals surface area contributed by atoms with E-state index in [1.165, 1.54) is 54.4 Å². The van der Waals surface area contributed by atoms with Gasteiger partial charge >= 0.3 is 0 Å². The minimum atomic E-state index is 0.127. The molecule has 2 fully saturated rings. The number of hydrogen-bond donors (Lipinski definition) is 0. The Bertz CT molecular complexity index is 1030. The normalized spacial score (nSPS) is 34.1. The fraction of sp³-hybridized carbons (Fsp3) is 0.375. The van der Waals surface area contributed by atoms with E-state index in [0.29, 0.717) is 0 Å². The van der Waals surface area contributed by atoms with Gasteiger partial charge in [0.2, 0.25) is 0 Å². The summed E-state index contributed by atoms with van der Waals surface area (Å²) in [6, 6.07) is 33.9. The van der Waals surface area contributed by atoms with Gasteiger partial charge in [0.15, 0.2) is 0 Å². The number of fused-ring (bicyclic) bond motifs is 2. The minimum Gasteiger partial charge on any atom is -0.0996 e. The lowest BCUT2D eigenvalue weighted by atomic mass is 9.40. The van der Waals surface area contributed by atoms with Crippen LogP contribution in [0.4, 0.5) is 0 Å². The summed E-state index contributed by atoms with van der Waals surface area (Å²) < 4.78 is 0. The molecular formula is C32H36. The zero-order chi connectivity index (χ0) is 22.5. The lowest BCUT2D eigenvalue weighted by Crippen LogP contribution is -2.57. The van der Waals surface area contributed by atoms with Gasteiger partial charge in [-0.2, -0.15) is 0 Å². The second kappa shape index (κ2) is 7.48. The average Bonchev–Trinajstić information content (AvgIpc) is 2.80. The van der Waals surface area contributed by atoms with Crippen LogP contribution in [0.2, 0.25) is 0 Å². The smallest absolute Gasteiger partial charge is 0.00219 e. The van der Waals surface area contributed by atoms with Gasteiger partial charge in [-0.1, -0.05) is 117 Å². The first-order chi connectivity index (χ1) is 15.3. The summed E-state index contributed by atoms with van der Waals surface area (Å²) in [5.41, 5.74) is 6.35. The monoisotopic (exact) mass is 420 g/mol. The molecule has 0 nitrogen and oxygen atoms in total. The molecular weight excluding hydrogens is 384 g/mol. The minimum absolute atomic E-state index is 0.127. The van der Waals surface area contributed by atoms with Gasteiger partial charge in [-0.25, -0.2) is 0 Å². The molecule has 3 aromatic carbocycles. The quantitative estimate of drug-likeness (QED) is 0.372. The predicted molar refractivity (Wildman–Crippen MR) is 136 cm³/mol. The van der Waals surface area contributed by atoms with Crippen LogP contribution in [-0.2, 0) is 16.2 Å². The molecule has 0 radical (unpaired) electrons. The van der Waals surface area contributed by atoms with E-state index >= 15 is 0 Å². The first-order valence-corrected chi connectivity index (χ1v) is 12.1. The van der Waals surface area contributed by atoms with E-state index in [2.05, 4.69) is 118 Å². The van der Waals surface area contributed by atoms with E-state index in [9.17, 15) is 0 Å². The molecule has 0 heteroatoms. The van der Waals surface area contributed by atoms with Crippen molar-refractivity contribution in [2.24, 2.45) is 5.41 Å². The van der Waals surface area contributed by atoms with Crippen LogP contribution in [-0.4, -0.2) is 0 Å². The molecule has 2 aliphatic rings. The van der Waals surface area contributed by atoms with Crippen LogP contribution in [0.1, 0.15) is 69.6 Å². The van der Waals surface area contributed by atoms with E-state index in [-0.39, 0.29) is 21.7 Å². The fourth-order valence-electron chi connectivity index (χ4n) is 7.78. The SMILES string of the molecule is C=C(C)C12CC(C)(c3ccccc3)CC(c3ccccc3)(C1)CC(C)(c1ccccc1)C2. The van der Waals surface area contributed by atoms with Gasteiger partial charge < -0.3 is 0 Å².